The molecule has 11 rings (SSSR count). The van der Waals surface area contributed by atoms with Crippen molar-refractivity contribution in [2.24, 2.45) is 0 Å². The molecule has 0 atom stereocenters. The fourth-order valence-corrected chi connectivity index (χ4v) is 8.07. The van der Waals surface area contributed by atoms with Crippen LogP contribution in [0.15, 0.2) is 46.0 Å². The first-order valence-corrected chi connectivity index (χ1v) is 15.0. The van der Waals surface area contributed by atoms with Gasteiger partial charge in [0.15, 0.2) is 46.5 Å². The van der Waals surface area contributed by atoms with Crippen molar-refractivity contribution in [1.82, 2.24) is 18.8 Å². The van der Waals surface area contributed by atoms with Crippen LogP contribution in [0.25, 0.3) is 98.0 Å². The van der Waals surface area contributed by atoms with Crippen LogP contribution in [-0.2, 0) is 0 Å². The molecule has 252 valence electrons. The van der Waals surface area contributed by atoms with Gasteiger partial charge in [-0.25, -0.2) is 53.9 Å². The average Bonchev–Trinajstić information content (AvgIpc) is 3.74. The molecule has 16 heteroatoms. The fraction of sp³-hybridized carbons (Fsp3) is 0. The Bertz CT molecular complexity index is 3650. The summed E-state index contributed by atoms with van der Waals surface area (Å²) in [5.41, 5.74) is -7.31. The molecule has 0 aliphatic rings. The monoisotopic (exact) mass is 716 g/mol. The lowest BCUT2D eigenvalue weighted by molar-refractivity contribution is 0.416. The standard InChI is InChI=1S/C36H6F10N4O2/c37-13-5-11-16-10(35(51)50-32-28(46)24(42)22(40)26(44)30(32)48-34(11)50)4-2-8-18-14(38)6-12-15-9(3-1-7(19(15)18)17(13)20(8)16)33-47-29-25(43)21(39)23(41)27(45)31(29)49(33)36(12)52/h1-6H. The van der Waals surface area contributed by atoms with Gasteiger partial charge < -0.3 is 0 Å². The van der Waals surface area contributed by atoms with E-state index >= 15 is 17.6 Å². The summed E-state index contributed by atoms with van der Waals surface area (Å²) in [5.74, 6) is -18.4. The topological polar surface area (TPSA) is 68.7 Å². The Morgan fingerprint density at radius 3 is 1.29 bits per heavy atom. The molecule has 4 heterocycles. The van der Waals surface area contributed by atoms with Crippen molar-refractivity contribution >= 4 is 98.0 Å². The summed E-state index contributed by atoms with van der Waals surface area (Å²) in [6.07, 6.45) is 0. The van der Waals surface area contributed by atoms with Crippen LogP contribution in [-0.4, -0.2) is 18.8 Å². The van der Waals surface area contributed by atoms with E-state index < -0.39 is 108 Å². The van der Waals surface area contributed by atoms with Gasteiger partial charge in [-0.3, -0.25) is 18.4 Å². The number of nitrogens with zero attached hydrogens (tertiary/aromatic N) is 4. The average molecular weight is 716 g/mol. The summed E-state index contributed by atoms with van der Waals surface area (Å²) in [6, 6.07) is 6.68. The maximum absolute atomic E-state index is 16.6. The van der Waals surface area contributed by atoms with E-state index in [1.807, 2.05) is 0 Å². The summed E-state index contributed by atoms with van der Waals surface area (Å²) in [7, 11) is 0. The lowest BCUT2D eigenvalue weighted by atomic mass is 9.85. The van der Waals surface area contributed by atoms with Gasteiger partial charge in [0, 0.05) is 48.5 Å². The molecule has 6 nitrogen and oxygen atoms in total. The van der Waals surface area contributed by atoms with Gasteiger partial charge in [0.2, 0.25) is 0 Å². The van der Waals surface area contributed by atoms with Crippen LogP contribution in [0.1, 0.15) is 0 Å². The van der Waals surface area contributed by atoms with E-state index in [-0.39, 0.29) is 59.2 Å². The van der Waals surface area contributed by atoms with Crippen molar-refractivity contribution in [2.75, 3.05) is 0 Å². The molecule has 0 amide bonds. The maximum Gasteiger partial charge on any atom is 0.264 e. The number of pyridine rings is 2. The Kier molecular flexibility index (Phi) is 4.95. The number of fused-ring (bicyclic) bond motifs is 10. The summed E-state index contributed by atoms with van der Waals surface area (Å²) < 4.78 is 151. The summed E-state index contributed by atoms with van der Waals surface area (Å²) in [5, 5.41) is -1.48. The van der Waals surface area contributed by atoms with Crippen molar-refractivity contribution in [3.8, 4) is 0 Å². The number of aromatic nitrogens is 4. The predicted octanol–water partition coefficient (Wildman–Crippen LogP) is 8.63. The number of hydrogen-bond donors (Lipinski definition) is 0. The highest BCUT2D eigenvalue weighted by Crippen LogP contribution is 2.48. The van der Waals surface area contributed by atoms with E-state index in [1.165, 1.54) is 24.3 Å². The molecule has 0 saturated carbocycles. The molecule has 4 aromatic heterocycles. The van der Waals surface area contributed by atoms with Crippen LogP contribution < -0.4 is 11.1 Å². The smallest absolute Gasteiger partial charge is 0.264 e. The lowest BCUT2D eigenvalue weighted by Crippen LogP contribution is -2.15. The zero-order chi connectivity index (χ0) is 36.1. The number of benzene rings is 7. The molecule has 11 aromatic rings. The SMILES string of the molecule is O=c1c2cc(F)c3c4ccc5c(=O)n6c(nc7c(F)c(F)c(F)c(F)c76)c6cc(F)c(c7ccc(c2c73)c2nc3c(F)c(F)c(F)c(F)c3n12)c4c56. The van der Waals surface area contributed by atoms with Crippen LogP contribution in [0.5, 0.6) is 0 Å². The number of rotatable bonds is 0. The van der Waals surface area contributed by atoms with Crippen molar-refractivity contribution in [3.63, 3.8) is 0 Å². The van der Waals surface area contributed by atoms with Crippen molar-refractivity contribution < 1.29 is 43.9 Å². The fourth-order valence-electron chi connectivity index (χ4n) is 8.07. The summed E-state index contributed by atoms with van der Waals surface area (Å²) in [6.45, 7) is 0. The Balaban J connectivity index is 1.39. The normalized spacial score (nSPS) is 13.0. The second kappa shape index (κ2) is 8.82. The van der Waals surface area contributed by atoms with Crippen LogP contribution in [0, 0.1) is 58.2 Å². The molecule has 0 aliphatic heterocycles. The van der Waals surface area contributed by atoms with Crippen molar-refractivity contribution in [2.45, 2.75) is 0 Å². The van der Waals surface area contributed by atoms with Gasteiger partial charge in [-0.15, -0.1) is 0 Å². The zero-order valence-electron chi connectivity index (χ0n) is 24.8. The molecular weight excluding hydrogens is 710 g/mol. The van der Waals surface area contributed by atoms with Crippen molar-refractivity contribution in [1.29, 1.82) is 0 Å². The first-order valence-electron chi connectivity index (χ1n) is 15.0. The second-order valence-electron chi connectivity index (χ2n) is 12.4. The third kappa shape index (κ3) is 2.93. The van der Waals surface area contributed by atoms with Crippen LogP contribution in [0.2, 0.25) is 0 Å². The van der Waals surface area contributed by atoms with Crippen LogP contribution in [0.3, 0.4) is 0 Å². The van der Waals surface area contributed by atoms with Gasteiger partial charge in [-0.05, 0) is 35.0 Å². The first-order chi connectivity index (χ1) is 24.8. The van der Waals surface area contributed by atoms with Crippen LogP contribution in [0.4, 0.5) is 43.9 Å². The molecule has 0 saturated heterocycles. The third-order valence-electron chi connectivity index (χ3n) is 10.1. The molecule has 0 bridgehead atoms. The first kappa shape index (κ1) is 29.2. The van der Waals surface area contributed by atoms with Gasteiger partial charge in [0.1, 0.15) is 45.0 Å². The minimum absolute atomic E-state index is 0.0113. The molecule has 0 unspecified atom stereocenters. The lowest BCUT2D eigenvalue weighted by Gasteiger charge is -2.19. The minimum atomic E-state index is -2.20. The largest absolute Gasteiger partial charge is 0.268 e. The molecule has 7 aromatic carbocycles. The van der Waals surface area contributed by atoms with E-state index in [2.05, 4.69) is 9.97 Å². The van der Waals surface area contributed by atoms with Gasteiger partial charge in [0.25, 0.3) is 11.1 Å². The molecule has 0 spiro atoms. The zero-order valence-corrected chi connectivity index (χ0v) is 24.8. The molecule has 0 N–H and O–H groups in total. The maximum atomic E-state index is 16.6. The van der Waals surface area contributed by atoms with E-state index in [0.717, 1.165) is 12.1 Å². The Morgan fingerprint density at radius 2 is 0.769 bits per heavy atom. The number of halogens is 10. The highest BCUT2D eigenvalue weighted by atomic mass is 19.2. The highest BCUT2D eigenvalue weighted by molar-refractivity contribution is 6.41. The van der Waals surface area contributed by atoms with Crippen LogP contribution >= 0.6 is 0 Å². The molecule has 0 fully saturated rings. The number of hydrogen-bond acceptors (Lipinski definition) is 4. The Morgan fingerprint density at radius 1 is 0.385 bits per heavy atom. The molecule has 52 heavy (non-hydrogen) atoms. The van der Waals surface area contributed by atoms with Gasteiger partial charge >= 0.3 is 0 Å². The predicted molar refractivity (Wildman–Crippen MR) is 170 cm³/mol. The molecular formula is C36H6F10N4O2. The van der Waals surface area contributed by atoms with Gasteiger partial charge in [-0.1, -0.05) is 12.1 Å². The van der Waals surface area contributed by atoms with E-state index in [0.29, 0.717) is 8.80 Å². The summed E-state index contributed by atoms with van der Waals surface area (Å²) in [4.78, 5) is 35.6. The molecule has 0 aliphatic carbocycles. The summed E-state index contributed by atoms with van der Waals surface area (Å²) >= 11 is 0. The Labute approximate surface area is 275 Å². The van der Waals surface area contributed by atoms with Crippen molar-refractivity contribution in [3.05, 3.63) is 115 Å². The molecule has 0 radical (unpaired) electrons. The highest BCUT2D eigenvalue weighted by Gasteiger charge is 2.32. The van der Waals surface area contributed by atoms with E-state index in [9.17, 15) is 35.9 Å². The Hall–Kier alpha value is -6.58. The van der Waals surface area contributed by atoms with E-state index in [1.54, 1.807) is 0 Å². The number of imidazole rings is 2. The third-order valence-corrected chi connectivity index (χ3v) is 10.1. The second-order valence-corrected chi connectivity index (χ2v) is 12.4. The van der Waals surface area contributed by atoms with E-state index in [4.69, 9.17) is 0 Å². The van der Waals surface area contributed by atoms with Gasteiger partial charge in [-0.2, -0.15) is 0 Å². The minimum Gasteiger partial charge on any atom is -0.268 e. The quantitative estimate of drug-likeness (QED) is 0.0519. The van der Waals surface area contributed by atoms with Gasteiger partial charge in [0.05, 0.1) is 5.39 Å².